The van der Waals surface area contributed by atoms with Gasteiger partial charge in [0.1, 0.15) is 0 Å². The van der Waals surface area contributed by atoms with Gasteiger partial charge in [0.25, 0.3) is 0 Å². The van der Waals surface area contributed by atoms with Crippen LogP contribution in [0.25, 0.3) is 10.2 Å². The van der Waals surface area contributed by atoms with Crippen molar-refractivity contribution in [2.24, 2.45) is 0 Å². The first-order valence-electron chi connectivity index (χ1n) is 8.83. The van der Waals surface area contributed by atoms with E-state index >= 15 is 0 Å². The summed E-state index contributed by atoms with van der Waals surface area (Å²) in [4.78, 5) is 25.6. The molecule has 1 aromatic carbocycles. The fourth-order valence-electron chi connectivity index (χ4n) is 3.18. The van der Waals surface area contributed by atoms with Gasteiger partial charge in [0, 0.05) is 24.5 Å². The van der Waals surface area contributed by atoms with Crippen LogP contribution in [0.2, 0.25) is 5.15 Å². The largest absolute Gasteiger partial charge is 0.359 e. The van der Waals surface area contributed by atoms with Crippen LogP contribution in [0.15, 0.2) is 36.7 Å². The van der Waals surface area contributed by atoms with Gasteiger partial charge in [0.05, 0.1) is 21.3 Å². The van der Waals surface area contributed by atoms with Crippen molar-refractivity contribution in [1.29, 1.82) is 0 Å². The molecule has 0 saturated heterocycles. The van der Waals surface area contributed by atoms with Gasteiger partial charge in [-0.1, -0.05) is 35.1 Å². The number of benzene rings is 1. The van der Waals surface area contributed by atoms with Gasteiger partial charge in [-0.25, -0.2) is 9.97 Å². The minimum atomic E-state index is -0.836. The number of hydrogen-bond donors (Lipinski definition) is 2. The van der Waals surface area contributed by atoms with Gasteiger partial charge in [-0.15, -0.1) is 0 Å². The quantitative estimate of drug-likeness (QED) is 0.680. The average Bonchev–Trinajstić information content (AvgIpc) is 3.02. The molecule has 27 heavy (non-hydrogen) atoms. The molecule has 3 aromatic rings. The predicted octanol–water partition coefficient (Wildman–Crippen LogP) is 3.78. The number of halogens is 1. The molecule has 140 valence electrons. The smallest absolute Gasteiger partial charge is 0.232 e. The van der Waals surface area contributed by atoms with Crippen LogP contribution in [-0.2, 0) is 10.2 Å². The molecule has 1 aliphatic carbocycles. The molecule has 6 nitrogen and oxygen atoms in total. The van der Waals surface area contributed by atoms with Gasteiger partial charge in [0.2, 0.25) is 5.91 Å². The number of hydrogen-bond acceptors (Lipinski definition) is 6. The van der Waals surface area contributed by atoms with Gasteiger partial charge in [-0.05, 0) is 38.8 Å². The van der Waals surface area contributed by atoms with Gasteiger partial charge in [-0.2, -0.15) is 0 Å². The Labute approximate surface area is 166 Å². The van der Waals surface area contributed by atoms with E-state index in [1.54, 1.807) is 17.5 Å². The molecule has 4 rings (SSSR count). The number of thiazole rings is 1. The van der Waals surface area contributed by atoms with Crippen molar-refractivity contribution in [3.63, 3.8) is 0 Å². The maximum atomic E-state index is 12.7. The molecule has 2 N–H and O–H groups in total. The fourth-order valence-corrected chi connectivity index (χ4v) is 4.46. The number of carbonyl (C=O) groups excluding carboxylic acids is 1. The lowest BCUT2D eigenvalue weighted by atomic mass is 9.83. The molecular formula is C19H20ClN5OS. The van der Waals surface area contributed by atoms with Gasteiger partial charge >= 0.3 is 0 Å². The average molecular weight is 402 g/mol. The van der Waals surface area contributed by atoms with Crippen molar-refractivity contribution < 1.29 is 4.79 Å². The number of para-hydroxylation sites is 1. The molecule has 2 aromatic heterocycles. The van der Waals surface area contributed by atoms with Crippen LogP contribution in [0.5, 0.6) is 0 Å². The minimum Gasteiger partial charge on any atom is -0.359 e. The number of rotatable bonds is 5. The number of nitrogens with one attached hydrogen (secondary N) is 2. The minimum absolute atomic E-state index is 0.0895. The van der Waals surface area contributed by atoms with E-state index in [0.717, 1.165) is 23.5 Å². The third-order valence-corrected chi connectivity index (χ3v) is 6.15. The van der Waals surface area contributed by atoms with Crippen molar-refractivity contribution in [2.75, 3.05) is 5.32 Å². The second-order valence-electron chi connectivity index (χ2n) is 7.29. The third kappa shape index (κ3) is 3.61. The maximum absolute atomic E-state index is 12.7. The number of amides is 1. The SMILES string of the molecule is CC(C)(C(=O)NC1CC(Nc2nc3ccccc3s2)C1)c1nccnc1Cl. The van der Waals surface area contributed by atoms with Crippen LogP contribution < -0.4 is 10.6 Å². The number of aromatic nitrogens is 3. The van der Waals surface area contributed by atoms with Crippen LogP contribution in [0.1, 0.15) is 32.4 Å². The van der Waals surface area contributed by atoms with E-state index in [1.165, 1.54) is 10.9 Å². The molecule has 0 radical (unpaired) electrons. The number of anilines is 1. The Kier molecular flexibility index (Phi) is 4.74. The zero-order valence-electron chi connectivity index (χ0n) is 15.1. The molecule has 0 atom stereocenters. The van der Waals surface area contributed by atoms with Gasteiger partial charge < -0.3 is 10.6 Å². The Balaban J connectivity index is 1.33. The summed E-state index contributed by atoms with van der Waals surface area (Å²) in [6, 6.07) is 8.55. The molecule has 1 amide bonds. The maximum Gasteiger partial charge on any atom is 0.232 e. The van der Waals surface area contributed by atoms with Crippen LogP contribution in [0, 0.1) is 0 Å². The summed E-state index contributed by atoms with van der Waals surface area (Å²) in [5, 5.41) is 7.76. The van der Waals surface area contributed by atoms with Crippen molar-refractivity contribution in [1.82, 2.24) is 20.3 Å². The standard InChI is InChI=1S/C19H20ClN5OS/c1-19(2,15-16(20)22-8-7-21-15)17(26)23-11-9-12(10-11)24-18-25-13-5-3-4-6-14(13)27-18/h3-8,11-12H,9-10H2,1-2H3,(H,23,26)(H,24,25). The molecule has 1 fully saturated rings. The van der Waals surface area contributed by atoms with Crippen LogP contribution in [-0.4, -0.2) is 32.9 Å². The van der Waals surface area contributed by atoms with Crippen LogP contribution in [0.4, 0.5) is 5.13 Å². The molecule has 1 saturated carbocycles. The molecule has 0 spiro atoms. The monoisotopic (exact) mass is 401 g/mol. The van der Waals surface area contributed by atoms with Crippen LogP contribution >= 0.6 is 22.9 Å². The van der Waals surface area contributed by atoms with E-state index in [-0.39, 0.29) is 17.1 Å². The summed E-state index contributed by atoms with van der Waals surface area (Å²) in [5.74, 6) is -0.0895. The van der Waals surface area contributed by atoms with Crippen molar-refractivity contribution >= 4 is 44.2 Å². The predicted molar refractivity (Wildman–Crippen MR) is 108 cm³/mol. The van der Waals surface area contributed by atoms with Gasteiger partial charge in [-0.3, -0.25) is 9.78 Å². The van der Waals surface area contributed by atoms with Crippen molar-refractivity contribution in [2.45, 2.75) is 44.2 Å². The highest BCUT2D eigenvalue weighted by atomic mass is 35.5. The van der Waals surface area contributed by atoms with E-state index in [0.29, 0.717) is 11.7 Å². The van der Waals surface area contributed by atoms with E-state index in [4.69, 9.17) is 11.6 Å². The molecule has 2 heterocycles. The first-order chi connectivity index (χ1) is 12.9. The number of nitrogens with zero attached hydrogens (tertiary/aromatic N) is 3. The molecule has 8 heteroatoms. The van der Waals surface area contributed by atoms with Gasteiger partial charge in [0.15, 0.2) is 10.3 Å². The summed E-state index contributed by atoms with van der Waals surface area (Å²) in [7, 11) is 0. The summed E-state index contributed by atoms with van der Waals surface area (Å²) >= 11 is 7.77. The van der Waals surface area contributed by atoms with Crippen molar-refractivity contribution in [3.8, 4) is 0 Å². The normalized spacial score (nSPS) is 19.5. The summed E-state index contributed by atoms with van der Waals surface area (Å²) in [6.45, 7) is 3.63. The molecule has 1 aliphatic rings. The van der Waals surface area contributed by atoms with Crippen molar-refractivity contribution in [3.05, 3.63) is 47.5 Å². The summed E-state index contributed by atoms with van der Waals surface area (Å²) < 4.78 is 1.17. The highest BCUT2D eigenvalue weighted by Gasteiger charge is 2.38. The van der Waals surface area contributed by atoms with E-state index in [2.05, 4.69) is 31.7 Å². The van der Waals surface area contributed by atoms with Crippen LogP contribution in [0.3, 0.4) is 0 Å². The molecular weight excluding hydrogens is 382 g/mol. The molecule has 0 bridgehead atoms. The zero-order chi connectivity index (χ0) is 19.0. The first kappa shape index (κ1) is 18.1. The molecule has 0 unspecified atom stereocenters. The molecule has 0 aliphatic heterocycles. The Morgan fingerprint density at radius 3 is 2.67 bits per heavy atom. The highest BCUT2D eigenvalue weighted by molar-refractivity contribution is 7.22. The topological polar surface area (TPSA) is 79.8 Å². The number of fused-ring (bicyclic) bond motifs is 1. The lowest BCUT2D eigenvalue weighted by Crippen LogP contribution is -2.53. The Morgan fingerprint density at radius 1 is 1.19 bits per heavy atom. The highest BCUT2D eigenvalue weighted by Crippen LogP contribution is 2.31. The first-order valence-corrected chi connectivity index (χ1v) is 10.0. The zero-order valence-corrected chi connectivity index (χ0v) is 16.6. The Hall–Kier alpha value is -2.25. The lowest BCUT2D eigenvalue weighted by molar-refractivity contribution is -0.127. The second-order valence-corrected chi connectivity index (χ2v) is 8.68. The van der Waals surface area contributed by atoms with E-state index < -0.39 is 5.41 Å². The lowest BCUT2D eigenvalue weighted by Gasteiger charge is -2.38. The third-order valence-electron chi connectivity index (χ3n) is 4.91. The Bertz CT molecular complexity index is 950. The Morgan fingerprint density at radius 2 is 1.93 bits per heavy atom. The summed E-state index contributed by atoms with van der Waals surface area (Å²) in [6.07, 6.45) is 4.81. The van der Waals surface area contributed by atoms with E-state index in [9.17, 15) is 4.79 Å². The fraction of sp³-hybridized carbons (Fsp3) is 0.368. The summed E-state index contributed by atoms with van der Waals surface area (Å²) in [5.41, 5.74) is 0.668. The number of carbonyl (C=O) groups is 1. The second kappa shape index (κ2) is 7.05. The van der Waals surface area contributed by atoms with E-state index in [1.807, 2.05) is 32.0 Å².